The number of anilines is 1. The smallest absolute Gasteiger partial charge is 0.322 e. The number of carbonyl (C=O) groups is 1. The van der Waals surface area contributed by atoms with Gasteiger partial charge in [-0.25, -0.2) is 14.8 Å². The van der Waals surface area contributed by atoms with Crippen LogP contribution in [0.25, 0.3) is 11.4 Å². The molecular weight excluding hydrogens is 352 g/mol. The molecule has 1 aliphatic heterocycles. The van der Waals surface area contributed by atoms with Crippen molar-refractivity contribution in [3.05, 3.63) is 71.5 Å². The second-order valence-corrected chi connectivity index (χ2v) is 6.86. The minimum Gasteiger partial charge on any atom is -0.497 e. The van der Waals surface area contributed by atoms with Crippen molar-refractivity contribution in [2.24, 2.45) is 0 Å². The number of carbonyl (C=O) groups excluding carboxylic acids is 1. The molecule has 0 atom stereocenters. The number of hydrogen-bond acceptors (Lipinski definition) is 4. The van der Waals surface area contributed by atoms with Crippen LogP contribution in [0.15, 0.2) is 54.7 Å². The largest absolute Gasteiger partial charge is 0.497 e. The second kappa shape index (κ2) is 7.68. The molecule has 0 aliphatic carbocycles. The average Bonchev–Trinajstić information content (AvgIpc) is 2.74. The summed E-state index contributed by atoms with van der Waals surface area (Å²) in [5, 5.41) is 2.95. The van der Waals surface area contributed by atoms with Crippen molar-refractivity contribution in [1.29, 1.82) is 0 Å². The van der Waals surface area contributed by atoms with E-state index in [9.17, 15) is 4.79 Å². The van der Waals surface area contributed by atoms with Gasteiger partial charge in [0.1, 0.15) is 5.75 Å². The Morgan fingerprint density at radius 3 is 2.57 bits per heavy atom. The Morgan fingerprint density at radius 2 is 1.86 bits per heavy atom. The molecule has 0 bridgehead atoms. The van der Waals surface area contributed by atoms with E-state index >= 15 is 0 Å². The van der Waals surface area contributed by atoms with Crippen LogP contribution in [0.5, 0.6) is 5.75 Å². The molecule has 3 aromatic rings. The van der Waals surface area contributed by atoms with Crippen LogP contribution in [-0.4, -0.2) is 34.6 Å². The van der Waals surface area contributed by atoms with E-state index in [0.717, 1.165) is 33.8 Å². The summed E-state index contributed by atoms with van der Waals surface area (Å²) in [5.74, 6) is 1.50. The van der Waals surface area contributed by atoms with Crippen LogP contribution >= 0.6 is 0 Å². The predicted molar refractivity (Wildman–Crippen MR) is 108 cm³/mol. The number of amides is 2. The topological polar surface area (TPSA) is 67.4 Å². The molecule has 0 saturated carbocycles. The van der Waals surface area contributed by atoms with Crippen LogP contribution in [0.1, 0.15) is 16.8 Å². The lowest BCUT2D eigenvalue weighted by molar-refractivity contribution is 0.206. The van der Waals surface area contributed by atoms with E-state index in [2.05, 4.69) is 10.3 Å². The molecule has 2 aromatic carbocycles. The summed E-state index contributed by atoms with van der Waals surface area (Å²) in [6.07, 6.45) is 2.54. The number of aromatic nitrogens is 2. The molecule has 2 heterocycles. The van der Waals surface area contributed by atoms with Gasteiger partial charge >= 0.3 is 6.03 Å². The number of hydrogen-bond donors (Lipinski definition) is 1. The van der Waals surface area contributed by atoms with Gasteiger partial charge in [0.25, 0.3) is 0 Å². The minimum absolute atomic E-state index is 0.103. The number of methoxy groups -OCH3 is 1. The Balaban J connectivity index is 1.46. The Labute approximate surface area is 164 Å². The lowest BCUT2D eigenvalue weighted by Gasteiger charge is -2.28. The maximum Gasteiger partial charge on any atom is 0.322 e. The predicted octanol–water partition coefficient (Wildman–Crippen LogP) is 4.05. The fraction of sp³-hybridized carbons (Fsp3) is 0.227. The zero-order valence-electron chi connectivity index (χ0n) is 16.0. The van der Waals surface area contributed by atoms with Crippen molar-refractivity contribution >= 4 is 11.7 Å². The first-order valence-electron chi connectivity index (χ1n) is 9.24. The molecule has 142 valence electrons. The number of rotatable bonds is 3. The first-order chi connectivity index (χ1) is 13.6. The molecule has 0 spiro atoms. The van der Waals surface area contributed by atoms with Gasteiger partial charge in [-0.1, -0.05) is 17.7 Å². The number of aryl methyl sites for hydroxylation is 1. The molecule has 1 aliphatic rings. The van der Waals surface area contributed by atoms with E-state index < -0.39 is 0 Å². The molecule has 0 radical (unpaired) electrons. The monoisotopic (exact) mass is 374 g/mol. The summed E-state index contributed by atoms with van der Waals surface area (Å²) in [6.45, 7) is 3.16. The van der Waals surface area contributed by atoms with Gasteiger partial charge in [0, 0.05) is 36.0 Å². The molecule has 28 heavy (non-hydrogen) atoms. The van der Waals surface area contributed by atoms with Crippen LogP contribution in [0.3, 0.4) is 0 Å². The van der Waals surface area contributed by atoms with Gasteiger partial charge in [-0.3, -0.25) is 0 Å². The highest BCUT2D eigenvalue weighted by molar-refractivity contribution is 5.89. The first kappa shape index (κ1) is 18.0. The normalized spacial score (nSPS) is 13.0. The van der Waals surface area contributed by atoms with E-state index in [1.54, 1.807) is 12.0 Å². The molecule has 1 aromatic heterocycles. The summed E-state index contributed by atoms with van der Waals surface area (Å²) in [5.41, 5.74) is 4.90. The van der Waals surface area contributed by atoms with Crippen LogP contribution in [0.2, 0.25) is 0 Å². The minimum atomic E-state index is -0.103. The van der Waals surface area contributed by atoms with Crippen molar-refractivity contribution in [1.82, 2.24) is 14.9 Å². The molecule has 1 N–H and O–H groups in total. The van der Waals surface area contributed by atoms with Gasteiger partial charge in [-0.15, -0.1) is 0 Å². The number of ether oxygens (including phenoxy) is 1. The zero-order valence-corrected chi connectivity index (χ0v) is 16.0. The Bertz CT molecular complexity index is 984. The van der Waals surface area contributed by atoms with Crippen molar-refractivity contribution in [3.63, 3.8) is 0 Å². The van der Waals surface area contributed by atoms with Gasteiger partial charge in [0.15, 0.2) is 5.82 Å². The van der Waals surface area contributed by atoms with Crippen molar-refractivity contribution < 1.29 is 9.53 Å². The number of nitrogens with zero attached hydrogens (tertiary/aromatic N) is 3. The first-order valence-corrected chi connectivity index (χ1v) is 9.24. The Morgan fingerprint density at radius 1 is 1.11 bits per heavy atom. The highest BCUT2D eigenvalue weighted by Crippen LogP contribution is 2.23. The fourth-order valence-electron chi connectivity index (χ4n) is 3.21. The highest BCUT2D eigenvalue weighted by Gasteiger charge is 2.22. The molecule has 0 unspecified atom stereocenters. The summed E-state index contributed by atoms with van der Waals surface area (Å²) in [4.78, 5) is 23.6. The maximum absolute atomic E-state index is 12.6. The molecular formula is C22H22N4O2. The Kier molecular flexibility index (Phi) is 4.93. The molecule has 0 saturated heterocycles. The molecule has 6 heteroatoms. The third-order valence-corrected chi connectivity index (χ3v) is 4.87. The van der Waals surface area contributed by atoms with Gasteiger partial charge in [-0.05, 0) is 43.3 Å². The molecule has 0 fully saturated rings. The number of fused-ring (bicyclic) bond motifs is 1. The van der Waals surface area contributed by atoms with Gasteiger partial charge < -0.3 is 15.0 Å². The summed E-state index contributed by atoms with van der Waals surface area (Å²) in [6, 6.07) is 15.4. The van der Waals surface area contributed by atoms with Crippen LogP contribution in [-0.2, 0) is 13.0 Å². The van der Waals surface area contributed by atoms with E-state index in [4.69, 9.17) is 9.72 Å². The second-order valence-electron chi connectivity index (χ2n) is 6.86. The quantitative estimate of drug-likeness (QED) is 0.751. The maximum atomic E-state index is 12.6. The fourth-order valence-corrected chi connectivity index (χ4v) is 3.21. The summed E-state index contributed by atoms with van der Waals surface area (Å²) >= 11 is 0. The molecule has 2 amide bonds. The lowest BCUT2D eigenvalue weighted by Crippen LogP contribution is -2.39. The molecule has 6 nitrogen and oxygen atoms in total. The van der Waals surface area contributed by atoms with E-state index in [-0.39, 0.29) is 6.03 Å². The lowest BCUT2D eigenvalue weighted by atomic mass is 10.1. The van der Waals surface area contributed by atoms with E-state index in [0.29, 0.717) is 25.3 Å². The summed E-state index contributed by atoms with van der Waals surface area (Å²) < 4.78 is 5.19. The van der Waals surface area contributed by atoms with E-state index in [1.165, 1.54) is 0 Å². The van der Waals surface area contributed by atoms with Gasteiger partial charge in [0.2, 0.25) is 0 Å². The van der Waals surface area contributed by atoms with Crippen molar-refractivity contribution in [3.8, 4) is 17.1 Å². The van der Waals surface area contributed by atoms with E-state index in [1.807, 2.05) is 61.7 Å². The van der Waals surface area contributed by atoms with Crippen LogP contribution in [0.4, 0.5) is 10.5 Å². The zero-order chi connectivity index (χ0) is 19.5. The van der Waals surface area contributed by atoms with Gasteiger partial charge in [0.05, 0.1) is 19.3 Å². The number of nitrogens with one attached hydrogen (secondary N) is 1. The third-order valence-electron chi connectivity index (χ3n) is 4.87. The standard InChI is InChI=1S/C22H22N4O2/c1-15-3-7-18(8-4-15)24-22(27)26-12-11-20-17(14-26)13-23-21(25-20)16-5-9-19(28-2)10-6-16/h3-10,13H,11-12,14H2,1-2H3,(H,24,27). The van der Waals surface area contributed by atoms with Gasteiger partial charge in [-0.2, -0.15) is 0 Å². The number of benzene rings is 2. The summed E-state index contributed by atoms with van der Waals surface area (Å²) in [7, 11) is 1.64. The average molecular weight is 374 g/mol. The Hall–Kier alpha value is -3.41. The van der Waals surface area contributed by atoms with Crippen LogP contribution in [0, 0.1) is 6.92 Å². The van der Waals surface area contributed by atoms with Crippen molar-refractivity contribution in [2.75, 3.05) is 19.0 Å². The SMILES string of the molecule is COc1ccc(-c2ncc3c(n2)CCN(C(=O)Nc2ccc(C)cc2)C3)cc1. The van der Waals surface area contributed by atoms with Crippen molar-refractivity contribution in [2.45, 2.75) is 19.9 Å². The third kappa shape index (κ3) is 3.81. The number of urea groups is 1. The molecule has 4 rings (SSSR count). The highest BCUT2D eigenvalue weighted by atomic mass is 16.5. The van der Waals surface area contributed by atoms with Crippen LogP contribution < -0.4 is 10.1 Å².